The fraction of sp³-hybridized carbons (Fsp3) is 0.533. The van der Waals surface area contributed by atoms with Gasteiger partial charge in [-0.05, 0) is 38.3 Å². The van der Waals surface area contributed by atoms with E-state index >= 15 is 0 Å². The van der Waals surface area contributed by atoms with Gasteiger partial charge in [0.25, 0.3) is 0 Å². The number of nitrogens with one attached hydrogen (secondary N) is 1. The highest BCUT2D eigenvalue weighted by molar-refractivity contribution is 5.68. The quantitative estimate of drug-likeness (QED) is 0.815. The average molecular weight is 263 g/mol. The normalized spacial score (nSPS) is 22.5. The minimum absolute atomic E-state index is 0.287. The lowest BCUT2D eigenvalue weighted by atomic mass is 9.86. The van der Waals surface area contributed by atoms with Crippen molar-refractivity contribution >= 4 is 6.09 Å². The maximum atomic E-state index is 11.7. The van der Waals surface area contributed by atoms with E-state index in [9.17, 15) is 9.90 Å². The molecule has 4 nitrogen and oxygen atoms in total. The Balaban J connectivity index is 2.01. The molecule has 0 unspecified atom stereocenters. The molecule has 1 amide bonds. The first-order valence-electron chi connectivity index (χ1n) is 6.59. The van der Waals surface area contributed by atoms with Gasteiger partial charge in [0.1, 0.15) is 5.60 Å². The van der Waals surface area contributed by atoms with Crippen molar-refractivity contribution < 1.29 is 14.6 Å². The molecule has 0 aromatic heterocycles. The van der Waals surface area contributed by atoms with E-state index in [1.807, 2.05) is 45.0 Å². The van der Waals surface area contributed by atoms with E-state index in [1.165, 1.54) is 5.56 Å². The molecule has 0 spiro atoms. The summed E-state index contributed by atoms with van der Waals surface area (Å²) in [6.07, 6.45) is 0.158. The smallest absolute Gasteiger partial charge is 0.407 e. The van der Waals surface area contributed by atoms with E-state index in [0.29, 0.717) is 12.8 Å². The van der Waals surface area contributed by atoms with Crippen molar-refractivity contribution in [1.29, 1.82) is 0 Å². The van der Waals surface area contributed by atoms with E-state index in [2.05, 4.69) is 5.32 Å². The van der Waals surface area contributed by atoms with Crippen LogP contribution in [0.15, 0.2) is 24.3 Å². The maximum Gasteiger partial charge on any atom is 0.407 e. The van der Waals surface area contributed by atoms with Gasteiger partial charge in [-0.2, -0.15) is 0 Å². The number of hydrogen-bond donors (Lipinski definition) is 2. The van der Waals surface area contributed by atoms with Crippen LogP contribution in [0, 0.1) is 0 Å². The molecule has 1 aromatic rings. The van der Waals surface area contributed by atoms with Crippen LogP contribution < -0.4 is 5.32 Å². The zero-order chi connectivity index (χ0) is 14.0. The number of aliphatic hydroxyl groups excluding tert-OH is 1. The third-order valence-corrected chi connectivity index (χ3v) is 3.15. The highest BCUT2D eigenvalue weighted by Gasteiger charge is 2.29. The van der Waals surface area contributed by atoms with Crippen LogP contribution in [-0.2, 0) is 17.6 Å². The Morgan fingerprint density at radius 2 is 1.84 bits per heavy atom. The molecule has 0 aliphatic heterocycles. The van der Waals surface area contributed by atoms with Gasteiger partial charge in [-0.1, -0.05) is 24.3 Å². The van der Waals surface area contributed by atoms with Gasteiger partial charge in [-0.3, -0.25) is 0 Å². The standard InChI is InChI=1S/C15H21NO3/c1-15(2,3)19-14(18)16-12-8-10-6-4-5-7-11(10)9-13(12)17/h4-7,12-13,17H,8-9H2,1-3H3,(H,16,18)/t12-,13-/m0/s1. The Labute approximate surface area is 113 Å². The topological polar surface area (TPSA) is 58.6 Å². The third kappa shape index (κ3) is 3.70. The zero-order valence-electron chi connectivity index (χ0n) is 11.6. The van der Waals surface area contributed by atoms with Gasteiger partial charge < -0.3 is 15.2 Å². The van der Waals surface area contributed by atoms with Crippen LogP contribution in [0.1, 0.15) is 31.9 Å². The van der Waals surface area contributed by atoms with Crippen molar-refractivity contribution in [2.45, 2.75) is 51.4 Å². The minimum Gasteiger partial charge on any atom is -0.444 e. The number of alkyl carbamates (subject to hydrolysis) is 1. The number of hydrogen-bond acceptors (Lipinski definition) is 3. The van der Waals surface area contributed by atoms with Gasteiger partial charge in [0, 0.05) is 6.42 Å². The van der Waals surface area contributed by atoms with Crippen LogP contribution in [0.25, 0.3) is 0 Å². The van der Waals surface area contributed by atoms with Crippen LogP contribution >= 0.6 is 0 Å². The maximum absolute atomic E-state index is 11.7. The van der Waals surface area contributed by atoms with Crippen LogP contribution in [0.3, 0.4) is 0 Å². The number of carbonyl (C=O) groups excluding carboxylic acids is 1. The number of rotatable bonds is 1. The fourth-order valence-electron chi connectivity index (χ4n) is 2.30. The number of carbonyl (C=O) groups is 1. The van der Waals surface area contributed by atoms with E-state index in [4.69, 9.17) is 4.74 Å². The van der Waals surface area contributed by atoms with Crippen molar-refractivity contribution in [2.24, 2.45) is 0 Å². The summed E-state index contributed by atoms with van der Waals surface area (Å²) < 4.78 is 5.22. The summed E-state index contributed by atoms with van der Waals surface area (Å²) in [5, 5.41) is 12.8. The Morgan fingerprint density at radius 1 is 1.26 bits per heavy atom. The highest BCUT2D eigenvalue weighted by Crippen LogP contribution is 2.21. The molecular weight excluding hydrogens is 242 g/mol. The predicted molar refractivity (Wildman–Crippen MR) is 73.0 cm³/mol. The lowest BCUT2D eigenvalue weighted by Gasteiger charge is -2.31. The number of aliphatic hydroxyl groups is 1. The van der Waals surface area contributed by atoms with Crippen LogP contribution in [0.4, 0.5) is 4.79 Å². The summed E-state index contributed by atoms with van der Waals surface area (Å²) in [5.74, 6) is 0. The highest BCUT2D eigenvalue weighted by atomic mass is 16.6. The largest absolute Gasteiger partial charge is 0.444 e. The molecular formula is C15H21NO3. The van der Waals surface area contributed by atoms with E-state index in [-0.39, 0.29) is 6.04 Å². The zero-order valence-corrected chi connectivity index (χ0v) is 11.6. The van der Waals surface area contributed by atoms with Gasteiger partial charge >= 0.3 is 6.09 Å². The molecule has 1 aliphatic rings. The van der Waals surface area contributed by atoms with Gasteiger partial charge in [0.15, 0.2) is 0 Å². The molecule has 19 heavy (non-hydrogen) atoms. The lowest BCUT2D eigenvalue weighted by Crippen LogP contribution is -2.49. The SMILES string of the molecule is CC(C)(C)OC(=O)N[C@H]1Cc2ccccc2C[C@@H]1O. The molecule has 0 heterocycles. The molecule has 4 heteroatoms. The van der Waals surface area contributed by atoms with Crippen molar-refractivity contribution in [3.63, 3.8) is 0 Å². The lowest BCUT2D eigenvalue weighted by molar-refractivity contribution is 0.0412. The fourth-order valence-corrected chi connectivity index (χ4v) is 2.30. The van der Waals surface area contributed by atoms with Crippen LogP contribution in [0.2, 0.25) is 0 Å². The Kier molecular flexibility index (Phi) is 3.80. The van der Waals surface area contributed by atoms with Gasteiger partial charge in [0.2, 0.25) is 0 Å². The summed E-state index contributed by atoms with van der Waals surface area (Å²) in [4.78, 5) is 11.7. The summed E-state index contributed by atoms with van der Waals surface area (Å²) in [5.41, 5.74) is 1.80. The monoisotopic (exact) mass is 263 g/mol. The van der Waals surface area contributed by atoms with Crippen LogP contribution in [0.5, 0.6) is 0 Å². The number of fused-ring (bicyclic) bond motifs is 1. The van der Waals surface area contributed by atoms with Gasteiger partial charge in [-0.25, -0.2) is 4.79 Å². The predicted octanol–water partition coefficient (Wildman–Crippen LogP) is 2.04. The summed E-state index contributed by atoms with van der Waals surface area (Å²) in [6, 6.07) is 7.70. The molecule has 1 aromatic carbocycles. The second kappa shape index (κ2) is 5.21. The molecule has 2 rings (SSSR count). The molecule has 0 bridgehead atoms. The Morgan fingerprint density at radius 3 is 2.42 bits per heavy atom. The average Bonchev–Trinajstić information content (AvgIpc) is 2.27. The molecule has 0 radical (unpaired) electrons. The van der Waals surface area contributed by atoms with Gasteiger partial charge in [-0.15, -0.1) is 0 Å². The minimum atomic E-state index is -0.567. The molecule has 1 aliphatic carbocycles. The molecule has 104 valence electrons. The Hall–Kier alpha value is -1.55. The summed E-state index contributed by atoms with van der Waals surface area (Å²) in [6.45, 7) is 5.46. The summed E-state index contributed by atoms with van der Waals surface area (Å²) in [7, 11) is 0. The Bertz CT molecular complexity index is 465. The summed E-state index contributed by atoms with van der Waals surface area (Å²) >= 11 is 0. The van der Waals surface area contributed by atoms with Crippen LogP contribution in [-0.4, -0.2) is 28.9 Å². The second-order valence-corrected chi connectivity index (χ2v) is 6.00. The molecule has 2 N–H and O–H groups in total. The van der Waals surface area contributed by atoms with E-state index in [1.54, 1.807) is 0 Å². The number of amides is 1. The van der Waals surface area contributed by atoms with E-state index in [0.717, 1.165) is 5.56 Å². The molecule has 0 fully saturated rings. The number of ether oxygens (including phenoxy) is 1. The van der Waals surface area contributed by atoms with Crippen molar-refractivity contribution in [1.82, 2.24) is 5.32 Å². The second-order valence-electron chi connectivity index (χ2n) is 6.00. The van der Waals surface area contributed by atoms with E-state index < -0.39 is 17.8 Å². The van der Waals surface area contributed by atoms with Crippen molar-refractivity contribution in [3.8, 4) is 0 Å². The first kappa shape index (κ1) is 13.9. The van der Waals surface area contributed by atoms with Gasteiger partial charge in [0.05, 0.1) is 12.1 Å². The van der Waals surface area contributed by atoms with Crippen molar-refractivity contribution in [2.75, 3.05) is 0 Å². The third-order valence-electron chi connectivity index (χ3n) is 3.15. The molecule has 2 atom stereocenters. The number of benzene rings is 1. The first-order chi connectivity index (χ1) is 8.85. The van der Waals surface area contributed by atoms with Crippen molar-refractivity contribution in [3.05, 3.63) is 35.4 Å². The molecule has 0 saturated heterocycles. The first-order valence-corrected chi connectivity index (χ1v) is 6.59. The molecule has 0 saturated carbocycles.